The van der Waals surface area contributed by atoms with Gasteiger partial charge in [-0.15, -0.1) is 5.10 Å². The second-order valence-corrected chi connectivity index (χ2v) is 2.36. The summed E-state index contributed by atoms with van der Waals surface area (Å²) in [6, 6.07) is 7.69. The average molecular weight is 147 g/mol. The summed E-state index contributed by atoms with van der Waals surface area (Å²) < 4.78 is 0.683. The Morgan fingerprint density at radius 2 is 1.91 bits per heavy atom. The van der Waals surface area contributed by atoms with E-state index in [1.807, 2.05) is 24.3 Å². The Labute approximate surface area is 62.9 Å². The van der Waals surface area contributed by atoms with E-state index in [1.54, 1.807) is 6.20 Å². The number of nitrogens with one attached hydrogen (secondary N) is 1. The Morgan fingerprint density at radius 1 is 1.18 bits per heavy atom. The predicted molar refractivity (Wildman–Crippen MR) is 41.7 cm³/mol. The summed E-state index contributed by atoms with van der Waals surface area (Å²) in [5.41, 5.74) is 0. The Hall–Kier alpha value is -1.64. The fourth-order valence-electron chi connectivity index (χ4n) is 1.06. The van der Waals surface area contributed by atoms with Gasteiger partial charge in [0.05, 0.1) is 16.5 Å². The SMILES string of the molecule is O=[n+]1cc2ccccc2c[nH]1. The van der Waals surface area contributed by atoms with Gasteiger partial charge in [-0.2, -0.15) is 0 Å². The average Bonchev–Trinajstić information content (AvgIpc) is 2.04. The van der Waals surface area contributed by atoms with Gasteiger partial charge in [0.2, 0.25) is 0 Å². The van der Waals surface area contributed by atoms with Gasteiger partial charge in [-0.3, -0.25) is 0 Å². The molecule has 0 fully saturated rings. The van der Waals surface area contributed by atoms with E-state index >= 15 is 0 Å². The quantitative estimate of drug-likeness (QED) is 0.556. The number of hydrogen-bond donors (Lipinski definition) is 1. The van der Waals surface area contributed by atoms with Crippen LogP contribution in [-0.2, 0) is 0 Å². The van der Waals surface area contributed by atoms with Crippen molar-refractivity contribution < 1.29 is 4.54 Å². The number of benzene rings is 1. The molecular formula is C8H7N2O+. The molecule has 3 nitrogen and oxygen atoms in total. The highest BCUT2D eigenvalue weighted by molar-refractivity contribution is 5.79. The van der Waals surface area contributed by atoms with E-state index in [4.69, 9.17) is 0 Å². The van der Waals surface area contributed by atoms with Crippen LogP contribution in [0.2, 0.25) is 0 Å². The second-order valence-electron chi connectivity index (χ2n) is 2.36. The second kappa shape index (κ2) is 2.20. The first-order valence-electron chi connectivity index (χ1n) is 3.36. The van der Waals surface area contributed by atoms with Gasteiger partial charge in [0.25, 0.3) is 6.20 Å². The molecule has 1 aromatic carbocycles. The molecule has 2 aromatic rings. The number of H-pyrrole nitrogens is 1. The molecule has 1 aromatic heterocycles. The zero-order valence-electron chi connectivity index (χ0n) is 5.82. The molecule has 0 unspecified atom stereocenters. The fraction of sp³-hybridized carbons (Fsp3) is 0. The van der Waals surface area contributed by atoms with Crippen molar-refractivity contribution in [3.05, 3.63) is 41.6 Å². The van der Waals surface area contributed by atoms with Crippen LogP contribution in [0.15, 0.2) is 36.7 Å². The summed E-state index contributed by atoms with van der Waals surface area (Å²) in [5, 5.41) is 4.52. The minimum Gasteiger partial charge on any atom is -0.122 e. The lowest BCUT2D eigenvalue weighted by Crippen LogP contribution is -2.16. The van der Waals surface area contributed by atoms with Gasteiger partial charge in [0.1, 0.15) is 0 Å². The molecule has 0 saturated heterocycles. The Kier molecular flexibility index (Phi) is 1.22. The third kappa shape index (κ3) is 1.00. The predicted octanol–water partition coefficient (Wildman–Crippen LogP) is 1.08. The van der Waals surface area contributed by atoms with Crippen LogP contribution in [-0.4, -0.2) is 5.10 Å². The van der Waals surface area contributed by atoms with Gasteiger partial charge in [-0.25, -0.2) is 0 Å². The molecule has 0 atom stereocenters. The highest BCUT2D eigenvalue weighted by Gasteiger charge is 1.95. The van der Waals surface area contributed by atoms with E-state index in [0.717, 1.165) is 10.8 Å². The number of aromatic nitrogens is 2. The van der Waals surface area contributed by atoms with Gasteiger partial charge in [0.15, 0.2) is 4.54 Å². The van der Waals surface area contributed by atoms with Gasteiger partial charge < -0.3 is 0 Å². The summed E-state index contributed by atoms with van der Waals surface area (Å²) in [7, 11) is 0. The molecule has 0 radical (unpaired) electrons. The first-order chi connectivity index (χ1) is 5.36. The van der Waals surface area contributed by atoms with Crippen molar-refractivity contribution in [1.82, 2.24) is 5.10 Å². The summed E-state index contributed by atoms with van der Waals surface area (Å²) in [4.78, 5) is 10.7. The molecule has 0 aliphatic carbocycles. The van der Waals surface area contributed by atoms with Crippen LogP contribution in [0.5, 0.6) is 0 Å². The maximum atomic E-state index is 10.7. The number of fused-ring (bicyclic) bond motifs is 1. The maximum Gasteiger partial charge on any atom is 0.265 e. The normalized spacial score (nSPS) is 10.2. The zero-order valence-corrected chi connectivity index (χ0v) is 5.82. The first-order valence-corrected chi connectivity index (χ1v) is 3.36. The van der Waals surface area contributed by atoms with Crippen LogP contribution in [0, 0.1) is 4.91 Å². The molecule has 0 aliphatic rings. The van der Waals surface area contributed by atoms with Gasteiger partial charge in [0, 0.05) is 5.39 Å². The van der Waals surface area contributed by atoms with Crippen molar-refractivity contribution in [3.8, 4) is 0 Å². The molecule has 1 heterocycles. The van der Waals surface area contributed by atoms with E-state index in [2.05, 4.69) is 5.10 Å². The van der Waals surface area contributed by atoms with E-state index in [0.29, 0.717) is 4.54 Å². The minimum absolute atomic E-state index is 0.683. The highest BCUT2D eigenvalue weighted by Crippen LogP contribution is 2.07. The fourth-order valence-corrected chi connectivity index (χ4v) is 1.06. The van der Waals surface area contributed by atoms with Gasteiger partial charge in [-0.1, -0.05) is 18.2 Å². The largest absolute Gasteiger partial charge is 0.265 e. The van der Waals surface area contributed by atoms with Crippen molar-refractivity contribution in [2.45, 2.75) is 0 Å². The van der Waals surface area contributed by atoms with Crippen LogP contribution >= 0.6 is 0 Å². The molecule has 54 valence electrons. The number of nitrogens with zero attached hydrogens (tertiary/aromatic N) is 1. The van der Waals surface area contributed by atoms with Crippen molar-refractivity contribution >= 4 is 10.8 Å². The number of rotatable bonds is 0. The lowest BCUT2D eigenvalue weighted by Gasteiger charge is -1.87. The van der Waals surface area contributed by atoms with Crippen molar-refractivity contribution in [2.75, 3.05) is 0 Å². The molecule has 3 heteroatoms. The Morgan fingerprint density at radius 3 is 2.73 bits per heavy atom. The van der Waals surface area contributed by atoms with E-state index in [9.17, 15) is 4.91 Å². The third-order valence-corrected chi connectivity index (χ3v) is 1.60. The van der Waals surface area contributed by atoms with Gasteiger partial charge >= 0.3 is 0 Å². The molecule has 11 heavy (non-hydrogen) atoms. The zero-order chi connectivity index (χ0) is 7.68. The molecular weight excluding hydrogens is 140 g/mol. The third-order valence-electron chi connectivity index (χ3n) is 1.60. The Bertz CT molecular complexity index is 433. The first kappa shape index (κ1) is 6.09. The number of hydrogen-bond acceptors (Lipinski definition) is 1. The number of aromatic amines is 1. The molecule has 0 bridgehead atoms. The monoisotopic (exact) mass is 147 g/mol. The summed E-state index contributed by atoms with van der Waals surface area (Å²) in [5.74, 6) is 0. The van der Waals surface area contributed by atoms with Crippen molar-refractivity contribution in [1.29, 1.82) is 0 Å². The van der Waals surface area contributed by atoms with E-state index in [1.165, 1.54) is 6.20 Å². The minimum atomic E-state index is 0.683. The molecule has 0 saturated carbocycles. The smallest absolute Gasteiger partial charge is 0.122 e. The molecule has 0 spiro atoms. The van der Waals surface area contributed by atoms with Crippen LogP contribution in [0.25, 0.3) is 10.8 Å². The molecule has 2 rings (SSSR count). The summed E-state index contributed by atoms with van der Waals surface area (Å²) in [6.07, 6.45) is 3.19. The maximum absolute atomic E-state index is 10.7. The van der Waals surface area contributed by atoms with Crippen LogP contribution in [0.4, 0.5) is 0 Å². The van der Waals surface area contributed by atoms with Gasteiger partial charge in [-0.05, 0) is 6.07 Å². The van der Waals surface area contributed by atoms with Crippen LogP contribution in [0.3, 0.4) is 0 Å². The van der Waals surface area contributed by atoms with E-state index < -0.39 is 0 Å². The van der Waals surface area contributed by atoms with E-state index in [-0.39, 0.29) is 0 Å². The molecule has 0 aliphatic heterocycles. The highest BCUT2D eigenvalue weighted by atomic mass is 16.3. The van der Waals surface area contributed by atoms with Crippen LogP contribution < -0.4 is 4.54 Å². The lowest BCUT2D eigenvalue weighted by molar-refractivity contribution is -0.562. The molecule has 0 amide bonds. The van der Waals surface area contributed by atoms with Crippen molar-refractivity contribution in [3.63, 3.8) is 0 Å². The standard InChI is InChI=1S/C8H7N2O/c11-10-6-8-4-2-1-3-7(8)5-9-10/h1-6H,(H,9,11)/q+1. The van der Waals surface area contributed by atoms with Crippen LogP contribution in [0.1, 0.15) is 0 Å². The van der Waals surface area contributed by atoms with Crippen molar-refractivity contribution in [2.24, 2.45) is 0 Å². The Balaban J connectivity index is 2.94. The summed E-state index contributed by atoms with van der Waals surface area (Å²) in [6.45, 7) is 0. The lowest BCUT2D eigenvalue weighted by atomic mass is 10.2. The summed E-state index contributed by atoms with van der Waals surface area (Å²) >= 11 is 0. The topological polar surface area (TPSA) is 38.8 Å². The molecule has 1 N–H and O–H groups in total.